The van der Waals surface area contributed by atoms with Gasteiger partial charge in [0, 0.05) is 28.4 Å². The molecule has 0 spiro atoms. The van der Waals surface area contributed by atoms with E-state index in [1.165, 1.54) is 17.7 Å². The van der Waals surface area contributed by atoms with Crippen LogP contribution in [0.2, 0.25) is 0 Å². The normalized spacial score (nSPS) is 11.2. The Morgan fingerprint density at radius 1 is 0.722 bits per heavy atom. The van der Waals surface area contributed by atoms with Crippen LogP contribution >= 0.6 is 11.8 Å². The summed E-state index contributed by atoms with van der Waals surface area (Å²) in [5.41, 5.74) is 6.11. The van der Waals surface area contributed by atoms with E-state index in [0.29, 0.717) is 16.9 Å². The highest BCUT2D eigenvalue weighted by Crippen LogP contribution is 2.22. The molecule has 0 aromatic heterocycles. The van der Waals surface area contributed by atoms with Crippen molar-refractivity contribution < 1.29 is 13.2 Å². The first kappa shape index (κ1) is 25.5. The smallest absolute Gasteiger partial charge is 0.261 e. The third-order valence-electron chi connectivity index (χ3n) is 5.78. The fourth-order valence-corrected chi connectivity index (χ4v) is 5.56. The largest absolute Gasteiger partial charge is 0.322 e. The summed E-state index contributed by atoms with van der Waals surface area (Å²) < 4.78 is 28.1. The quantitative estimate of drug-likeness (QED) is 0.257. The van der Waals surface area contributed by atoms with Crippen molar-refractivity contribution >= 4 is 39.1 Å². The summed E-state index contributed by atoms with van der Waals surface area (Å²) in [5.74, 6) is 1.56. The molecule has 0 radical (unpaired) electrons. The van der Waals surface area contributed by atoms with Gasteiger partial charge < -0.3 is 5.32 Å². The van der Waals surface area contributed by atoms with Crippen molar-refractivity contribution in [2.24, 2.45) is 0 Å². The van der Waals surface area contributed by atoms with Crippen LogP contribution in [0.5, 0.6) is 0 Å². The first-order chi connectivity index (χ1) is 17.3. The number of rotatable bonds is 9. The maximum atomic E-state index is 12.7. The molecule has 184 valence electrons. The molecular formula is C29H28N2O3S2. The van der Waals surface area contributed by atoms with Crippen LogP contribution in [-0.4, -0.2) is 14.3 Å². The lowest BCUT2D eigenvalue weighted by molar-refractivity contribution is 0.102. The van der Waals surface area contributed by atoms with Gasteiger partial charge in [-0.1, -0.05) is 48.5 Å². The number of hydrogen-bond acceptors (Lipinski definition) is 4. The van der Waals surface area contributed by atoms with Crippen LogP contribution in [0, 0.1) is 13.8 Å². The number of carbonyl (C=O) groups excluding carboxylic acids is 1. The Morgan fingerprint density at radius 3 is 1.97 bits per heavy atom. The molecule has 0 aliphatic rings. The molecule has 0 aliphatic carbocycles. The van der Waals surface area contributed by atoms with E-state index in [4.69, 9.17) is 0 Å². The molecule has 4 rings (SSSR count). The molecule has 4 aromatic carbocycles. The van der Waals surface area contributed by atoms with Crippen LogP contribution in [0.4, 0.5) is 11.4 Å². The van der Waals surface area contributed by atoms with Gasteiger partial charge in [0.15, 0.2) is 0 Å². The maximum Gasteiger partial charge on any atom is 0.261 e. The summed E-state index contributed by atoms with van der Waals surface area (Å²) in [4.78, 5) is 12.8. The summed E-state index contributed by atoms with van der Waals surface area (Å²) in [5, 5.41) is 2.83. The molecule has 36 heavy (non-hydrogen) atoms. The number of nitrogens with one attached hydrogen (secondary N) is 2. The Bertz CT molecular complexity index is 1430. The second-order valence-electron chi connectivity index (χ2n) is 8.56. The van der Waals surface area contributed by atoms with Gasteiger partial charge in [0.2, 0.25) is 0 Å². The Morgan fingerprint density at radius 2 is 1.33 bits per heavy atom. The highest BCUT2D eigenvalue weighted by molar-refractivity contribution is 7.97. The lowest BCUT2D eigenvalue weighted by Gasteiger charge is -2.11. The van der Waals surface area contributed by atoms with Crippen LogP contribution in [0.3, 0.4) is 0 Å². The highest BCUT2D eigenvalue weighted by atomic mass is 32.2. The van der Waals surface area contributed by atoms with Gasteiger partial charge in [-0.05, 0) is 84.6 Å². The lowest BCUT2D eigenvalue weighted by atomic mass is 10.1. The summed E-state index contributed by atoms with van der Waals surface area (Å²) in [7, 11) is -3.74. The number of anilines is 2. The van der Waals surface area contributed by atoms with Gasteiger partial charge in [0.05, 0.1) is 4.90 Å². The van der Waals surface area contributed by atoms with E-state index in [2.05, 4.69) is 22.2 Å². The van der Waals surface area contributed by atoms with Crippen LogP contribution in [0.15, 0.2) is 102 Å². The molecule has 0 fully saturated rings. The van der Waals surface area contributed by atoms with Crippen molar-refractivity contribution in [2.75, 3.05) is 10.0 Å². The first-order valence-electron chi connectivity index (χ1n) is 11.5. The second-order valence-corrected chi connectivity index (χ2v) is 11.2. The lowest BCUT2D eigenvalue weighted by Crippen LogP contribution is -2.14. The summed E-state index contributed by atoms with van der Waals surface area (Å²) in [6, 6.07) is 29.4. The molecule has 5 nitrogen and oxygen atoms in total. The molecule has 0 saturated carbocycles. The van der Waals surface area contributed by atoms with Crippen molar-refractivity contribution in [1.29, 1.82) is 0 Å². The van der Waals surface area contributed by atoms with Crippen LogP contribution in [0.1, 0.15) is 32.6 Å². The number of hydrogen-bond donors (Lipinski definition) is 2. The predicted octanol–water partition coefficient (Wildman–Crippen LogP) is 6.79. The minimum Gasteiger partial charge on any atom is -0.322 e. The third-order valence-corrected chi connectivity index (χ3v) is 8.25. The zero-order valence-electron chi connectivity index (χ0n) is 20.2. The average Bonchev–Trinajstić information content (AvgIpc) is 2.87. The summed E-state index contributed by atoms with van der Waals surface area (Å²) in [6.07, 6.45) is 0. The summed E-state index contributed by atoms with van der Waals surface area (Å²) in [6.45, 7) is 3.91. The van der Waals surface area contributed by atoms with Gasteiger partial charge in [-0.25, -0.2) is 8.42 Å². The van der Waals surface area contributed by atoms with Gasteiger partial charge in [0.25, 0.3) is 15.9 Å². The predicted molar refractivity (Wildman–Crippen MR) is 149 cm³/mol. The third kappa shape index (κ3) is 6.77. The zero-order valence-corrected chi connectivity index (χ0v) is 21.8. The van der Waals surface area contributed by atoms with Crippen molar-refractivity contribution in [3.63, 3.8) is 0 Å². The molecule has 0 heterocycles. The molecule has 1 amide bonds. The average molecular weight is 517 g/mol. The molecule has 0 bridgehead atoms. The molecule has 2 N–H and O–H groups in total. The van der Waals surface area contributed by atoms with Crippen LogP contribution in [0.25, 0.3) is 0 Å². The van der Waals surface area contributed by atoms with E-state index in [9.17, 15) is 13.2 Å². The minimum absolute atomic E-state index is 0.121. The molecule has 0 saturated heterocycles. The first-order valence-corrected chi connectivity index (χ1v) is 14.2. The molecular weight excluding hydrogens is 488 g/mol. The summed E-state index contributed by atoms with van der Waals surface area (Å²) >= 11 is 1.83. The fraction of sp³-hybridized carbons (Fsp3) is 0.138. The number of benzene rings is 4. The minimum atomic E-state index is -3.74. The van der Waals surface area contributed by atoms with Crippen LogP contribution < -0.4 is 10.0 Å². The van der Waals surface area contributed by atoms with Gasteiger partial charge >= 0.3 is 0 Å². The van der Waals surface area contributed by atoms with Gasteiger partial charge in [-0.3, -0.25) is 9.52 Å². The van der Waals surface area contributed by atoms with Gasteiger partial charge in [-0.2, -0.15) is 11.8 Å². The van der Waals surface area contributed by atoms with Crippen molar-refractivity contribution in [3.05, 3.63) is 125 Å². The van der Waals surface area contributed by atoms with Gasteiger partial charge in [0.1, 0.15) is 0 Å². The van der Waals surface area contributed by atoms with E-state index >= 15 is 0 Å². The van der Waals surface area contributed by atoms with Crippen molar-refractivity contribution in [1.82, 2.24) is 0 Å². The second kappa shape index (κ2) is 11.5. The maximum absolute atomic E-state index is 12.7. The molecule has 7 heteroatoms. The van der Waals surface area contributed by atoms with Gasteiger partial charge in [-0.15, -0.1) is 0 Å². The van der Waals surface area contributed by atoms with E-state index < -0.39 is 10.0 Å². The van der Waals surface area contributed by atoms with Crippen molar-refractivity contribution in [2.45, 2.75) is 30.2 Å². The number of carbonyl (C=O) groups is 1. The Hall–Kier alpha value is -3.55. The zero-order chi connectivity index (χ0) is 25.5. The number of thioether (sulfide) groups is 1. The number of aryl methyl sites for hydroxylation is 2. The molecule has 0 unspecified atom stereocenters. The van der Waals surface area contributed by atoms with Crippen LogP contribution in [-0.2, 0) is 21.5 Å². The highest BCUT2D eigenvalue weighted by Gasteiger charge is 2.15. The van der Waals surface area contributed by atoms with E-state index in [-0.39, 0.29) is 10.8 Å². The number of amides is 1. The van der Waals surface area contributed by atoms with E-state index in [0.717, 1.165) is 28.2 Å². The van der Waals surface area contributed by atoms with E-state index in [1.807, 2.05) is 62.0 Å². The molecule has 4 aromatic rings. The van der Waals surface area contributed by atoms with Crippen molar-refractivity contribution in [3.8, 4) is 0 Å². The molecule has 0 aliphatic heterocycles. The molecule has 0 atom stereocenters. The Kier molecular flexibility index (Phi) is 8.13. The van der Waals surface area contributed by atoms with E-state index in [1.54, 1.807) is 36.4 Å². The fourth-order valence-electron chi connectivity index (χ4n) is 3.55. The topological polar surface area (TPSA) is 75.3 Å². The Labute approximate surface area is 217 Å². The number of sulfonamides is 1. The standard InChI is InChI=1S/C29H28N2O3S2/c1-21-8-13-27(18-22(21)2)31-36(33,34)28-16-14-26(15-17-28)30-29(32)25-11-9-24(10-12-25)20-35-19-23-6-4-3-5-7-23/h3-18,31H,19-20H2,1-2H3,(H,30,32). The monoisotopic (exact) mass is 516 g/mol. The Balaban J connectivity index is 1.32. The SMILES string of the molecule is Cc1ccc(NS(=O)(=O)c2ccc(NC(=O)c3ccc(CSCc4ccccc4)cc3)cc2)cc1C.